The van der Waals surface area contributed by atoms with Gasteiger partial charge in [0.05, 0.1) is 6.54 Å². The van der Waals surface area contributed by atoms with E-state index in [9.17, 15) is 9.59 Å². The summed E-state index contributed by atoms with van der Waals surface area (Å²) in [5, 5.41) is 5.14. The molecule has 0 aromatic rings. The summed E-state index contributed by atoms with van der Waals surface area (Å²) in [6.45, 7) is 2.92. The largest absolute Gasteiger partial charge is 0.335 e. The van der Waals surface area contributed by atoms with Crippen molar-refractivity contribution < 1.29 is 9.59 Å². The molecule has 2 unspecified atom stereocenters. The molecule has 0 aromatic heterocycles. The number of nitrogens with zero attached hydrogens (tertiary/aromatic N) is 1. The van der Waals surface area contributed by atoms with Gasteiger partial charge in [0.15, 0.2) is 0 Å². The number of piperidine rings is 1. The molecule has 3 amide bonds. The number of amides is 3. The average molecular weight is 268 g/mol. The lowest BCUT2D eigenvalue weighted by Gasteiger charge is -2.39. The molecule has 2 atom stereocenters. The minimum Gasteiger partial charge on any atom is -0.335 e. The first-order chi connectivity index (χ1) is 9.10. The summed E-state index contributed by atoms with van der Waals surface area (Å²) in [7, 11) is 0. The van der Waals surface area contributed by atoms with Crippen molar-refractivity contribution in [1.29, 1.82) is 0 Å². The Balaban J connectivity index is 1.79. The van der Waals surface area contributed by atoms with E-state index < -0.39 is 0 Å². The number of hydrogen-bond acceptors (Lipinski definition) is 4. The summed E-state index contributed by atoms with van der Waals surface area (Å²) in [6.07, 6.45) is 5.30. The predicted octanol–water partition coefficient (Wildman–Crippen LogP) is 0.176. The second kappa shape index (κ2) is 6.34. The summed E-state index contributed by atoms with van der Waals surface area (Å²) in [6, 6.07) is 0.487. The van der Waals surface area contributed by atoms with Crippen molar-refractivity contribution in [3.63, 3.8) is 0 Å². The van der Waals surface area contributed by atoms with Crippen molar-refractivity contribution in [2.24, 2.45) is 5.73 Å². The van der Waals surface area contributed by atoms with E-state index in [2.05, 4.69) is 22.5 Å². The van der Waals surface area contributed by atoms with Crippen LogP contribution in [0.5, 0.6) is 0 Å². The normalized spacial score (nSPS) is 27.9. The SMILES string of the molecule is CC1CCCC(CN)N1CC(=O)NC(=O)NC1CC1. The molecule has 2 aliphatic rings. The van der Waals surface area contributed by atoms with Gasteiger partial charge in [0.1, 0.15) is 0 Å². The Kier molecular flexibility index (Phi) is 4.76. The van der Waals surface area contributed by atoms with Gasteiger partial charge in [-0.25, -0.2) is 4.79 Å². The second-order valence-electron chi connectivity index (χ2n) is 5.64. The molecular weight excluding hydrogens is 244 g/mol. The molecular formula is C13H24N4O2. The smallest absolute Gasteiger partial charge is 0.321 e. The molecule has 0 radical (unpaired) electrons. The van der Waals surface area contributed by atoms with Crippen LogP contribution >= 0.6 is 0 Å². The number of hydrogen-bond donors (Lipinski definition) is 3. The number of likely N-dealkylation sites (tertiary alicyclic amines) is 1. The molecule has 2 fully saturated rings. The molecule has 1 saturated carbocycles. The monoisotopic (exact) mass is 268 g/mol. The number of imide groups is 1. The van der Waals surface area contributed by atoms with Crippen LogP contribution in [0.4, 0.5) is 4.79 Å². The maximum atomic E-state index is 11.9. The van der Waals surface area contributed by atoms with E-state index in [-0.39, 0.29) is 30.6 Å². The highest BCUT2D eigenvalue weighted by Crippen LogP contribution is 2.21. The van der Waals surface area contributed by atoms with Gasteiger partial charge in [-0.2, -0.15) is 0 Å². The zero-order valence-electron chi connectivity index (χ0n) is 11.5. The third-order valence-corrected chi connectivity index (χ3v) is 3.96. The van der Waals surface area contributed by atoms with Crippen LogP contribution in [-0.4, -0.2) is 48.1 Å². The Hall–Kier alpha value is -1.14. The number of nitrogens with two attached hydrogens (primary N) is 1. The van der Waals surface area contributed by atoms with E-state index in [0.29, 0.717) is 12.6 Å². The van der Waals surface area contributed by atoms with E-state index in [1.807, 2.05) is 0 Å². The molecule has 1 saturated heterocycles. The van der Waals surface area contributed by atoms with Gasteiger partial charge in [0.25, 0.3) is 0 Å². The quantitative estimate of drug-likeness (QED) is 0.678. The fraction of sp³-hybridized carbons (Fsp3) is 0.846. The lowest BCUT2D eigenvalue weighted by Crippen LogP contribution is -2.53. The van der Waals surface area contributed by atoms with Crippen LogP contribution in [0.3, 0.4) is 0 Å². The minimum atomic E-state index is -0.374. The lowest BCUT2D eigenvalue weighted by molar-refractivity contribution is -0.122. The third-order valence-electron chi connectivity index (χ3n) is 3.96. The van der Waals surface area contributed by atoms with Crippen molar-refractivity contribution in [2.45, 2.75) is 57.2 Å². The van der Waals surface area contributed by atoms with E-state index in [4.69, 9.17) is 5.73 Å². The predicted molar refractivity (Wildman–Crippen MR) is 72.6 cm³/mol. The van der Waals surface area contributed by atoms with Crippen LogP contribution in [0.2, 0.25) is 0 Å². The molecule has 0 aromatic carbocycles. The number of carbonyl (C=O) groups excluding carboxylic acids is 2. The minimum absolute atomic E-state index is 0.245. The number of nitrogens with one attached hydrogen (secondary N) is 2. The van der Waals surface area contributed by atoms with E-state index in [1.165, 1.54) is 0 Å². The molecule has 0 spiro atoms. The summed E-state index contributed by atoms with van der Waals surface area (Å²) in [5.74, 6) is -0.245. The van der Waals surface area contributed by atoms with Crippen LogP contribution in [0.25, 0.3) is 0 Å². The summed E-state index contributed by atoms with van der Waals surface area (Å²) in [5.41, 5.74) is 5.75. The first kappa shape index (κ1) is 14.3. The first-order valence-electron chi connectivity index (χ1n) is 7.16. The van der Waals surface area contributed by atoms with Crippen molar-refractivity contribution in [3.05, 3.63) is 0 Å². The van der Waals surface area contributed by atoms with Crippen molar-refractivity contribution in [2.75, 3.05) is 13.1 Å². The maximum absolute atomic E-state index is 11.9. The molecule has 2 rings (SSSR count). The van der Waals surface area contributed by atoms with Gasteiger partial charge in [0, 0.05) is 24.7 Å². The highest BCUT2D eigenvalue weighted by molar-refractivity contribution is 5.95. The van der Waals surface area contributed by atoms with Gasteiger partial charge in [-0.1, -0.05) is 6.42 Å². The number of rotatable bonds is 4. The van der Waals surface area contributed by atoms with E-state index >= 15 is 0 Å². The van der Waals surface area contributed by atoms with Gasteiger partial charge in [-0.05, 0) is 32.6 Å². The Bertz CT molecular complexity index is 344. The average Bonchev–Trinajstić information content (AvgIpc) is 3.15. The zero-order valence-corrected chi connectivity index (χ0v) is 11.5. The van der Waals surface area contributed by atoms with Crippen molar-refractivity contribution >= 4 is 11.9 Å². The maximum Gasteiger partial charge on any atom is 0.321 e. The lowest BCUT2D eigenvalue weighted by atomic mass is 9.96. The Morgan fingerprint density at radius 3 is 2.63 bits per heavy atom. The summed E-state index contributed by atoms with van der Waals surface area (Å²) in [4.78, 5) is 25.5. The van der Waals surface area contributed by atoms with Crippen molar-refractivity contribution in [1.82, 2.24) is 15.5 Å². The van der Waals surface area contributed by atoms with Gasteiger partial charge >= 0.3 is 6.03 Å². The summed E-state index contributed by atoms with van der Waals surface area (Å²) >= 11 is 0. The molecule has 19 heavy (non-hydrogen) atoms. The van der Waals surface area contributed by atoms with Crippen LogP contribution in [0.1, 0.15) is 39.0 Å². The van der Waals surface area contributed by atoms with Gasteiger partial charge in [0.2, 0.25) is 5.91 Å². The zero-order chi connectivity index (χ0) is 13.8. The highest BCUT2D eigenvalue weighted by atomic mass is 16.2. The van der Waals surface area contributed by atoms with Gasteiger partial charge < -0.3 is 11.1 Å². The molecule has 0 bridgehead atoms. The first-order valence-corrected chi connectivity index (χ1v) is 7.16. The van der Waals surface area contributed by atoms with E-state index in [0.717, 1.165) is 32.1 Å². The Morgan fingerprint density at radius 2 is 2.00 bits per heavy atom. The van der Waals surface area contributed by atoms with Crippen LogP contribution in [-0.2, 0) is 4.79 Å². The van der Waals surface area contributed by atoms with Crippen LogP contribution < -0.4 is 16.4 Å². The van der Waals surface area contributed by atoms with Gasteiger partial charge in [-0.3, -0.25) is 15.0 Å². The molecule has 6 heteroatoms. The fourth-order valence-electron chi connectivity index (χ4n) is 2.66. The Labute approximate surface area is 114 Å². The highest BCUT2D eigenvalue weighted by Gasteiger charge is 2.29. The topological polar surface area (TPSA) is 87.5 Å². The standard InChI is InChI=1S/C13H24N4O2/c1-9-3-2-4-11(7-14)17(9)8-12(18)16-13(19)15-10-5-6-10/h9-11H,2-8,14H2,1H3,(H2,15,16,18,19). The molecule has 4 N–H and O–H groups in total. The molecule has 6 nitrogen and oxygen atoms in total. The molecule has 1 heterocycles. The van der Waals surface area contributed by atoms with Crippen molar-refractivity contribution in [3.8, 4) is 0 Å². The van der Waals surface area contributed by atoms with E-state index in [1.54, 1.807) is 0 Å². The third kappa shape index (κ3) is 4.18. The van der Waals surface area contributed by atoms with Gasteiger partial charge in [-0.15, -0.1) is 0 Å². The summed E-state index contributed by atoms with van der Waals surface area (Å²) < 4.78 is 0. The molecule has 108 valence electrons. The fourth-order valence-corrected chi connectivity index (χ4v) is 2.66. The number of urea groups is 1. The Morgan fingerprint density at radius 1 is 1.26 bits per heavy atom. The second-order valence-corrected chi connectivity index (χ2v) is 5.64. The van der Waals surface area contributed by atoms with Crippen LogP contribution in [0.15, 0.2) is 0 Å². The molecule has 1 aliphatic carbocycles. The number of carbonyl (C=O) groups is 2. The van der Waals surface area contributed by atoms with Crippen LogP contribution in [0, 0.1) is 0 Å². The molecule has 1 aliphatic heterocycles.